The summed E-state index contributed by atoms with van der Waals surface area (Å²) in [6.45, 7) is 6.98. The number of methoxy groups -OCH3 is 2. The molecule has 4 rings (SSSR count). The van der Waals surface area contributed by atoms with Crippen molar-refractivity contribution in [2.45, 2.75) is 20.0 Å². The Hall–Kier alpha value is -3.66. The number of hydrogen-bond acceptors (Lipinski definition) is 8. The highest BCUT2D eigenvalue weighted by atomic mass is 19.1. The van der Waals surface area contributed by atoms with E-state index in [0.717, 1.165) is 43.3 Å². The lowest BCUT2D eigenvalue weighted by molar-refractivity contribution is 0.211. The average molecular weight is 500 g/mol. The molecule has 0 aliphatic carbocycles. The molecule has 0 amide bonds. The Labute approximate surface area is 209 Å². The summed E-state index contributed by atoms with van der Waals surface area (Å²) in [5.74, 6) is -0.121. The van der Waals surface area contributed by atoms with Crippen molar-refractivity contribution in [3.05, 3.63) is 59.4 Å². The highest BCUT2D eigenvalue weighted by Gasteiger charge is 2.24. The Bertz CT molecular complexity index is 1200. The zero-order valence-electron chi connectivity index (χ0n) is 21.1. The fourth-order valence-corrected chi connectivity index (χ4v) is 4.17. The van der Waals surface area contributed by atoms with Gasteiger partial charge in [0, 0.05) is 37.9 Å². The van der Waals surface area contributed by atoms with Gasteiger partial charge in [-0.3, -0.25) is 0 Å². The van der Waals surface area contributed by atoms with Crippen molar-refractivity contribution < 1.29 is 23.0 Å². The maximum absolute atomic E-state index is 14.7. The molecule has 1 saturated heterocycles. The van der Waals surface area contributed by atoms with E-state index in [1.165, 1.54) is 25.6 Å². The van der Waals surface area contributed by atoms with Crippen LogP contribution < -0.4 is 24.4 Å². The van der Waals surface area contributed by atoms with Crippen molar-refractivity contribution in [1.82, 2.24) is 14.9 Å². The lowest BCUT2D eigenvalue weighted by Gasteiger charge is -2.34. The van der Waals surface area contributed by atoms with Gasteiger partial charge in [0.25, 0.3) is 0 Å². The molecular formula is C26H31F2N5O3. The molecule has 3 aromatic rings. The number of anilines is 3. The molecule has 1 aliphatic heterocycles. The van der Waals surface area contributed by atoms with E-state index < -0.39 is 17.7 Å². The van der Waals surface area contributed by atoms with Crippen LogP contribution in [0.15, 0.2) is 36.7 Å². The van der Waals surface area contributed by atoms with E-state index in [1.54, 1.807) is 21.0 Å². The molecule has 8 nitrogen and oxygen atoms in total. The zero-order valence-corrected chi connectivity index (χ0v) is 21.1. The second-order valence-corrected chi connectivity index (χ2v) is 8.74. The van der Waals surface area contributed by atoms with Gasteiger partial charge in [-0.25, -0.2) is 18.7 Å². The van der Waals surface area contributed by atoms with Crippen molar-refractivity contribution in [1.29, 1.82) is 0 Å². The summed E-state index contributed by atoms with van der Waals surface area (Å²) in [6.07, 6.45) is 1.97. The third-order valence-electron chi connectivity index (χ3n) is 6.23. The molecule has 0 spiro atoms. The minimum absolute atomic E-state index is 0.0378. The molecular weight excluding hydrogens is 468 g/mol. The van der Waals surface area contributed by atoms with E-state index in [2.05, 4.69) is 32.1 Å². The van der Waals surface area contributed by atoms with E-state index in [9.17, 15) is 8.78 Å². The van der Waals surface area contributed by atoms with Gasteiger partial charge in [0.05, 0.1) is 37.9 Å². The van der Waals surface area contributed by atoms with Crippen LogP contribution in [0.1, 0.15) is 24.2 Å². The number of nitrogens with zero attached hydrogens (tertiary/aromatic N) is 4. The van der Waals surface area contributed by atoms with Gasteiger partial charge in [-0.2, -0.15) is 0 Å². The van der Waals surface area contributed by atoms with E-state index in [1.807, 2.05) is 18.2 Å². The van der Waals surface area contributed by atoms with Crippen molar-refractivity contribution in [2.75, 3.05) is 57.7 Å². The summed E-state index contributed by atoms with van der Waals surface area (Å²) < 4.78 is 45.7. The first-order valence-electron chi connectivity index (χ1n) is 11.7. The van der Waals surface area contributed by atoms with Crippen LogP contribution in [0.5, 0.6) is 17.2 Å². The van der Waals surface area contributed by atoms with E-state index in [-0.39, 0.29) is 22.6 Å². The summed E-state index contributed by atoms with van der Waals surface area (Å²) in [7, 11) is 5.10. The van der Waals surface area contributed by atoms with Crippen LogP contribution in [0.2, 0.25) is 0 Å². The lowest BCUT2D eigenvalue weighted by Crippen LogP contribution is -2.44. The van der Waals surface area contributed by atoms with Crippen LogP contribution in [0.4, 0.5) is 26.1 Å². The molecule has 1 N–H and O–H groups in total. The van der Waals surface area contributed by atoms with Gasteiger partial charge in [-0.05, 0) is 44.7 Å². The second-order valence-electron chi connectivity index (χ2n) is 8.74. The SMILES string of the molecule is COc1cc(Nc2ncc(OC(C)c3c(F)c(C)cc(OC)c3F)cn2)ccc1N1CCN(C)CC1. The van der Waals surface area contributed by atoms with Gasteiger partial charge in [-0.15, -0.1) is 0 Å². The molecule has 1 fully saturated rings. The summed E-state index contributed by atoms with van der Waals surface area (Å²) in [5.41, 5.74) is 1.87. The maximum Gasteiger partial charge on any atom is 0.227 e. The number of ether oxygens (including phenoxy) is 3. The van der Waals surface area contributed by atoms with Gasteiger partial charge < -0.3 is 29.3 Å². The van der Waals surface area contributed by atoms with Crippen molar-refractivity contribution in [3.8, 4) is 17.2 Å². The molecule has 0 bridgehead atoms. The molecule has 1 aromatic heterocycles. The highest BCUT2D eigenvalue weighted by molar-refractivity contribution is 5.67. The molecule has 2 heterocycles. The fraction of sp³-hybridized carbons (Fsp3) is 0.385. The minimum atomic E-state index is -0.924. The predicted molar refractivity (Wildman–Crippen MR) is 135 cm³/mol. The third kappa shape index (κ3) is 5.43. The molecule has 0 radical (unpaired) electrons. The van der Waals surface area contributed by atoms with Crippen LogP contribution in [-0.4, -0.2) is 62.3 Å². The highest BCUT2D eigenvalue weighted by Crippen LogP contribution is 2.34. The molecule has 192 valence electrons. The number of halogens is 2. The number of likely N-dealkylation sites (N-methyl/N-ethyl adjacent to an activating group) is 1. The van der Waals surface area contributed by atoms with Crippen molar-refractivity contribution >= 4 is 17.3 Å². The molecule has 1 atom stereocenters. The first-order chi connectivity index (χ1) is 17.3. The molecule has 0 saturated carbocycles. The van der Waals surface area contributed by atoms with Crippen molar-refractivity contribution in [3.63, 3.8) is 0 Å². The van der Waals surface area contributed by atoms with E-state index in [4.69, 9.17) is 14.2 Å². The first-order valence-corrected chi connectivity index (χ1v) is 11.7. The van der Waals surface area contributed by atoms with Gasteiger partial charge >= 0.3 is 0 Å². The predicted octanol–water partition coefficient (Wildman–Crippen LogP) is 4.72. The molecule has 1 aliphatic rings. The third-order valence-corrected chi connectivity index (χ3v) is 6.23. The number of hydrogen-bond donors (Lipinski definition) is 1. The number of nitrogens with one attached hydrogen (secondary N) is 1. The average Bonchev–Trinajstić information content (AvgIpc) is 2.88. The van der Waals surface area contributed by atoms with Crippen LogP contribution >= 0.6 is 0 Å². The van der Waals surface area contributed by atoms with Crippen LogP contribution in [0.25, 0.3) is 0 Å². The van der Waals surface area contributed by atoms with Crippen molar-refractivity contribution in [2.24, 2.45) is 0 Å². The quantitative estimate of drug-likeness (QED) is 0.478. The van der Waals surface area contributed by atoms with Gasteiger partial charge in [0.15, 0.2) is 17.3 Å². The smallest absolute Gasteiger partial charge is 0.227 e. The molecule has 2 aromatic carbocycles. The van der Waals surface area contributed by atoms with E-state index in [0.29, 0.717) is 5.95 Å². The molecule has 1 unspecified atom stereocenters. The van der Waals surface area contributed by atoms with Gasteiger partial charge in [0.1, 0.15) is 17.7 Å². The summed E-state index contributed by atoms with van der Waals surface area (Å²) in [5, 5.41) is 3.15. The van der Waals surface area contributed by atoms with Gasteiger partial charge in [0.2, 0.25) is 5.95 Å². The zero-order chi connectivity index (χ0) is 25.8. The number of piperazine rings is 1. The summed E-state index contributed by atoms with van der Waals surface area (Å²) in [4.78, 5) is 13.2. The number of benzene rings is 2. The topological polar surface area (TPSA) is 72.0 Å². The molecule has 36 heavy (non-hydrogen) atoms. The van der Waals surface area contributed by atoms with Crippen LogP contribution in [0.3, 0.4) is 0 Å². The lowest BCUT2D eigenvalue weighted by atomic mass is 10.0. The summed E-state index contributed by atoms with van der Waals surface area (Å²) >= 11 is 0. The fourth-order valence-electron chi connectivity index (χ4n) is 4.17. The monoisotopic (exact) mass is 499 g/mol. The largest absolute Gasteiger partial charge is 0.495 e. The normalized spacial score (nSPS) is 14.9. The Morgan fingerprint density at radius 2 is 1.61 bits per heavy atom. The first kappa shape index (κ1) is 25.4. The van der Waals surface area contributed by atoms with Crippen LogP contribution in [-0.2, 0) is 0 Å². The molecule has 10 heteroatoms. The van der Waals surface area contributed by atoms with E-state index >= 15 is 0 Å². The number of aryl methyl sites for hydroxylation is 1. The van der Waals surface area contributed by atoms with Crippen LogP contribution in [0, 0.1) is 18.6 Å². The summed E-state index contributed by atoms with van der Waals surface area (Å²) in [6, 6.07) is 7.19. The van der Waals surface area contributed by atoms with Gasteiger partial charge in [-0.1, -0.05) is 0 Å². The number of aromatic nitrogens is 2. The second kappa shape index (κ2) is 10.9. The Balaban J connectivity index is 1.45. The number of rotatable bonds is 8. The Kier molecular flexibility index (Phi) is 7.73. The minimum Gasteiger partial charge on any atom is -0.495 e. The maximum atomic E-state index is 14.7. The Morgan fingerprint density at radius 1 is 0.944 bits per heavy atom. The Morgan fingerprint density at radius 3 is 2.25 bits per heavy atom. The standard InChI is InChI=1S/C26H31F2N5O3/c1-16-12-22(35-5)25(28)23(24(16)27)17(2)36-19-14-29-26(30-15-19)31-18-6-7-20(21(13-18)34-4)33-10-8-32(3)9-11-33/h6-7,12-15,17H,8-11H2,1-5H3,(H,29,30,31).